The molecular weight excluding hydrogens is 675 g/mol. The Labute approximate surface area is 368 Å². The normalized spacial score (nSPS) is 10.6. The van der Waals surface area contributed by atoms with Crippen molar-refractivity contribution in [1.29, 1.82) is 0 Å². The summed E-state index contributed by atoms with van der Waals surface area (Å²) in [5.41, 5.74) is -0.210. The van der Waals surface area contributed by atoms with Crippen molar-refractivity contribution in [2.45, 2.75) is 0 Å². The van der Waals surface area contributed by atoms with Gasteiger partial charge in [0.25, 0.3) is 0 Å². The molecule has 0 amide bonds. The average Bonchev–Trinajstić information content (AvgIpc) is 2.70. The van der Waals surface area contributed by atoms with Crippen LogP contribution in [0.4, 0.5) is 0 Å². The minimum atomic E-state index is -5.81. The predicted molar refractivity (Wildman–Crippen MR) is 106 cm³/mol. The molecule has 0 aliphatic rings. The van der Waals surface area contributed by atoms with Gasteiger partial charge in [-0.05, 0) is 29.8 Å². The molecule has 0 atom stereocenters. The van der Waals surface area contributed by atoms with Gasteiger partial charge in [0, 0.05) is 5.56 Å². The molecule has 0 heterocycles. The van der Waals surface area contributed by atoms with Gasteiger partial charge < -0.3 is 70.8 Å². The van der Waals surface area contributed by atoms with Gasteiger partial charge in [-0.3, -0.25) is 0 Å². The summed E-state index contributed by atoms with van der Waals surface area (Å²) in [4.78, 5) is 66.9. The number of ether oxygens (including phenoxy) is 3. The van der Waals surface area contributed by atoms with E-state index in [1.165, 1.54) is 19.3 Å². The van der Waals surface area contributed by atoms with Crippen LogP contribution >= 0.6 is 23.5 Å². The van der Waals surface area contributed by atoms with Gasteiger partial charge in [0.2, 0.25) is 11.5 Å². The molecule has 0 aliphatic carbocycles. The standard InChI is InChI=1S/C17H21O15P3.6Na/c1-27-12-7-6-11(15(31-34(21,22)23)17(12)32-35(24,25)26)5-4-10-8-13(28-2)16(29-3)14(9-10)30-33(18,19)20;;;;;;/h4-9H,1-3H3,(H2,18,19,20)(H2,21,22,23)(H2,24,25,26);;;;;;/q;6*+1/p-6/b5-4-;;;;;;. The molecule has 2 aromatic carbocycles. The molecule has 0 aromatic heterocycles. The Kier molecular flexibility index (Phi) is 31.2. The number of methoxy groups -OCH3 is 3. The molecule has 0 radical (unpaired) electrons. The summed E-state index contributed by atoms with van der Waals surface area (Å²) in [6.45, 7) is 0. The van der Waals surface area contributed by atoms with Gasteiger partial charge in [0.15, 0.2) is 23.0 Å². The number of phosphoric acid groups is 3. The van der Waals surface area contributed by atoms with Crippen molar-refractivity contribution in [1.82, 2.24) is 0 Å². The van der Waals surface area contributed by atoms with Gasteiger partial charge in [-0.15, -0.1) is 0 Å². The zero-order valence-corrected chi connectivity index (χ0v) is 38.6. The first-order valence-electron chi connectivity index (χ1n) is 8.87. The molecule has 0 spiro atoms. The van der Waals surface area contributed by atoms with E-state index in [1.54, 1.807) is 0 Å². The molecule has 0 aliphatic heterocycles. The smallest absolute Gasteiger partial charge is 0.780 e. The van der Waals surface area contributed by atoms with E-state index < -0.39 is 46.5 Å². The Morgan fingerprint density at radius 3 is 1.39 bits per heavy atom. The van der Waals surface area contributed by atoms with Crippen LogP contribution in [0.3, 0.4) is 0 Å². The number of hydrogen-bond donors (Lipinski definition) is 0. The Bertz CT molecular complexity index is 1260. The van der Waals surface area contributed by atoms with Crippen LogP contribution in [0, 0.1) is 0 Å². The minimum absolute atomic E-state index is 0. The molecule has 24 heteroatoms. The van der Waals surface area contributed by atoms with E-state index in [2.05, 4.69) is 13.6 Å². The molecule has 15 nitrogen and oxygen atoms in total. The quantitative estimate of drug-likeness (QED) is 0.121. The van der Waals surface area contributed by atoms with Crippen molar-refractivity contribution in [2.75, 3.05) is 21.3 Å². The molecule has 2 aromatic rings. The fourth-order valence-corrected chi connectivity index (χ4v) is 3.86. The summed E-state index contributed by atoms with van der Waals surface area (Å²) in [6, 6.07) is 4.53. The van der Waals surface area contributed by atoms with Crippen LogP contribution in [0.25, 0.3) is 12.2 Å². The van der Waals surface area contributed by atoms with Gasteiger partial charge in [0.05, 0.1) is 21.3 Å². The summed E-state index contributed by atoms with van der Waals surface area (Å²) in [7, 11) is -13.7. The first-order chi connectivity index (χ1) is 16.1. The number of benzene rings is 2. The van der Waals surface area contributed by atoms with Crippen LogP contribution in [0.1, 0.15) is 11.1 Å². The second kappa shape index (κ2) is 23.7. The maximum absolute atomic E-state index is 11.2. The van der Waals surface area contributed by atoms with E-state index in [0.29, 0.717) is 0 Å². The van der Waals surface area contributed by atoms with Gasteiger partial charge >= 0.3 is 177 Å². The van der Waals surface area contributed by atoms with Crippen LogP contribution in [-0.2, 0) is 13.7 Å². The Morgan fingerprint density at radius 1 is 0.537 bits per heavy atom. The Balaban J connectivity index is -0.000000720. The fourth-order valence-electron chi connectivity index (χ4n) is 2.68. The molecular formula is C17H15Na6O15P3. The monoisotopic (exact) mass is 690 g/mol. The SMILES string of the molecule is COc1cc(/C=C\c2ccc(OC)c(OP(=O)([O-])[O-])c2OP(=O)([O-])[O-])cc(OP(=O)([O-])[O-])c1OC.[Na+].[Na+].[Na+].[Na+].[Na+].[Na+]. The summed E-state index contributed by atoms with van der Waals surface area (Å²) < 4.78 is 61.3. The van der Waals surface area contributed by atoms with Crippen molar-refractivity contribution in [3.8, 4) is 34.5 Å². The molecule has 0 saturated heterocycles. The first kappa shape index (κ1) is 53.9. The van der Waals surface area contributed by atoms with Crippen molar-refractivity contribution in [3.05, 3.63) is 35.4 Å². The van der Waals surface area contributed by atoms with E-state index in [1.807, 2.05) is 0 Å². The second-order valence-corrected chi connectivity index (χ2v) is 9.45. The van der Waals surface area contributed by atoms with Crippen molar-refractivity contribution >= 4 is 35.6 Å². The molecule has 2 rings (SSSR count). The molecule has 0 fully saturated rings. The van der Waals surface area contributed by atoms with Crippen LogP contribution in [0.2, 0.25) is 0 Å². The minimum Gasteiger partial charge on any atom is -0.780 e. The molecule has 194 valence electrons. The maximum Gasteiger partial charge on any atom is 1.00 e. The maximum atomic E-state index is 11.2. The van der Waals surface area contributed by atoms with E-state index in [9.17, 15) is 43.1 Å². The first-order valence-corrected chi connectivity index (χ1v) is 13.2. The summed E-state index contributed by atoms with van der Waals surface area (Å²) >= 11 is 0. The molecule has 0 N–H and O–H groups in total. The number of phosphoric ester groups is 3. The van der Waals surface area contributed by atoms with Crippen LogP contribution in [0.15, 0.2) is 24.3 Å². The largest absolute Gasteiger partial charge is 1.00 e. The second-order valence-electron chi connectivity index (χ2n) is 6.22. The van der Waals surface area contributed by atoms with Crippen LogP contribution < -0.4 is 234 Å². The van der Waals surface area contributed by atoms with Crippen molar-refractivity contribution in [3.63, 3.8) is 0 Å². The number of rotatable bonds is 11. The van der Waals surface area contributed by atoms with E-state index >= 15 is 0 Å². The molecule has 41 heavy (non-hydrogen) atoms. The third-order valence-corrected chi connectivity index (χ3v) is 5.10. The number of hydrogen-bond acceptors (Lipinski definition) is 15. The Morgan fingerprint density at radius 2 is 0.976 bits per heavy atom. The van der Waals surface area contributed by atoms with Crippen LogP contribution in [-0.4, -0.2) is 21.3 Å². The van der Waals surface area contributed by atoms with Crippen LogP contribution in [0.5, 0.6) is 34.5 Å². The molecule has 0 bridgehead atoms. The summed E-state index contributed by atoms with van der Waals surface area (Å²) in [5, 5.41) is 0. The third-order valence-electron chi connectivity index (χ3n) is 3.87. The van der Waals surface area contributed by atoms with Gasteiger partial charge in [-0.2, -0.15) is 0 Å². The summed E-state index contributed by atoms with van der Waals surface area (Å²) in [6.07, 6.45) is 2.24. The fraction of sp³-hybridized carbons (Fsp3) is 0.176. The van der Waals surface area contributed by atoms with Gasteiger partial charge in [-0.25, -0.2) is 0 Å². The van der Waals surface area contributed by atoms with E-state index in [-0.39, 0.29) is 200 Å². The third kappa shape index (κ3) is 19.1. The molecule has 0 saturated carbocycles. The van der Waals surface area contributed by atoms with Crippen molar-refractivity contribution < 1.29 is 248 Å². The topological polar surface area (TPSA) is 245 Å². The summed E-state index contributed by atoms with van der Waals surface area (Å²) in [5.74, 6) is -3.30. The zero-order chi connectivity index (χ0) is 26.6. The van der Waals surface area contributed by atoms with Gasteiger partial charge in [-0.1, -0.05) is 12.2 Å². The zero-order valence-electron chi connectivity index (χ0n) is 23.9. The van der Waals surface area contributed by atoms with E-state index in [4.69, 9.17) is 14.2 Å². The molecule has 0 unspecified atom stereocenters. The predicted octanol–water partition coefficient (Wildman–Crippen LogP) is -19.5. The van der Waals surface area contributed by atoms with Gasteiger partial charge in [0.1, 0.15) is 23.5 Å². The Hall–Kier alpha value is 3.43. The van der Waals surface area contributed by atoms with E-state index in [0.717, 1.165) is 38.5 Å². The van der Waals surface area contributed by atoms with Crippen molar-refractivity contribution in [2.24, 2.45) is 0 Å². The average molecular weight is 690 g/mol.